The molecule has 0 heterocycles. The molecule has 0 unspecified atom stereocenters. The summed E-state index contributed by atoms with van der Waals surface area (Å²) in [5, 5.41) is 17.5. The molecule has 170 valence electrons. The number of anilines is 2. The van der Waals surface area contributed by atoms with Gasteiger partial charge in [0.25, 0.3) is 0 Å². The van der Waals surface area contributed by atoms with Crippen molar-refractivity contribution in [3.8, 4) is 12.1 Å². The Balaban J connectivity index is 1.61. The molecule has 0 saturated carbocycles. The van der Waals surface area contributed by atoms with Gasteiger partial charge in [0.05, 0.1) is 25.0 Å². The average molecular weight is 447 g/mol. The molecule has 0 atom stereocenters. The Hall–Kier alpha value is -4.28. The molecule has 0 amide bonds. The third kappa shape index (κ3) is 7.40. The van der Waals surface area contributed by atoms with Crippen LogP contribution in [0.1, 0.15) is 35.1 Å². The number of nitrogens with zero attached hydrogens (tertiary/aromatic N) is 4. The van der Waals surface area contributed by atoms with E-state index in [4.69, 9.17) is 10.5 Å². The summed E-state index contributed by atoms with van der Waals surface area (Å²) in [6.45, 7) is 1.46. The second-order valence-corrected chi connectivity index (χ2v) is 8.18. The molecule has 3 aromatic carbocycles. The molecule has 3 rings (SSSR count). The summed E-state index contributed by atoms with van der Waals surface area (Å²) in [5.41, 5.74) is 6.79. The fourth-order valence-electron chi connectivity index (χ4n) is 3.52. The summed E-state index contributed by atoms with van der Waals surface area (Å²) < 4.78 is 0. The van der Waals surface area contributed by atoms with Gasteiger partial charge in [0.2, 0.25) is 0 Å². The van der Waals surface area contributed by atoms with Crippen molar-refractivity contribution in [3.63, 3.8) is 0 Å². The molecule has 0 fully saturated rings. The van der Waals surface area contributed by atoms with Crippen molar-refractivity contribution < 1.29 is 0 Å². The number of rotatable bonds is 10. The quantitative estimate of drug-likeness (QED) is 0.324. The van der Waals surface area contributed by atoms with Crippen LogP contribution in [0.25, 0.3) is 24.3 Å². The molecule has 4 nitrogen and oxygen atoms in total. The minimum absolute atomic E-state index is 0.523. The average Bonchev–Trinajstić information content (AvgIpc) is 2.88. The first-order valence-electron chi connectivity index (χ1n) is 11.4. The van der Waals surface area contributed by atoms with E-state index in [1.807, 2.05) is 14.1 Å². The molecule has 0 aliphatic heterocycles. The first kappa shape index (κ1) is 24.4. The second-order valence-electron chi connectivity index (χ2n) is 8.18. The van der Waals surface area contributed by atoms with E-state index in [1.54, 1.807) is 0 Å². The third-order valence-electron chi connectivity index (χ3n) is 5.63. The SMILES string of the molecule is CN(CCC#N)c1ccc(C=Cc2cccc(C=Cc3ccc(N(C)CCC#N)cc3)c2)cc1. The van der Waals surface area contributed by atoms with E-state index in [0.29, 0.717) is 12.8 Å². The van der Waals surface area contributed by atoms with E-state index in [-0.39, 0.29) is 0 Å². The van der Waals surface area contributed by atoms with Gasteiger partial charge in [0, 0.05) is 38.6 Å². The summed E-state index contributed by atoms with van der Waals surface area (Å²) in [6, 6.07) is 29.5. The molecule has 0 aromatic heterocycles. The van der Waals surface area contributed by atoms with Crippen molar-refractivity contribution in [1.29, 1.82) is 10.5 Å². The minimum Gasteiger partial charge on any atom is -0.374 e. The molecule has 0 saturated heterocycles. The minimum atomic E-state index is 0.523. The Morgan fingerprint density at radius 3 is 1.35 bits per heavy atom. The largest absolute Gasteiger partial charge is 0.374 e. The van der Waals surface area contributed by atoms with Crippen molar-refractivity contribution in [1.82, 2.24) is 0 Å². The number of hydrogen-bond acceptors (Lipinski definition) is 4. The first-order valence-corrected chi connectivity index (χ1v) is 11.4. The molecular weight excluding hydrogens is 416 g/mol. The lowest BCUT2D eigenvalue weighted by molar-refractivity contribution is 0.905. The second kappa shape index (κ2) is 12.7. The normalized spacial score (nSPS) is 10.8. The van der Waals surface area contributed by atoms with Crippen molar-refractivity contribution >= 4 is 35.7 Å². The molecular formula is C30H30N4. The van der Waals surface area contributed by atoms with E-state index < -0.39 is 0 Å². The van der Waals surface area contributed by atoms with Gasteiger partial charge in [-0.1, -0.05) is 66.8 Å². The van der Waals surface area contributed by atoms with Crippen LogP contribution in [0.4, 0.5) is 11.4 Å². The lowest BCUT2D eigenvalue weighted by atomic mass is 10.1. The number of nitriles is 2. The summed E-state index contributed by atoms with van der Waals surface area (Å²) in [7, 11) is 4.01. The fraction of sp³-hybridized carbons (Fsp3) is 0.200. The number of hydrogen-bond donors (Lipinski definition) is 0. The zero-order valence-corrected chi connectivity index (χ0v) is 19.9. The Labute approximate surface area is 203 Å². The van der Waals surface area contributed by atoms with Crippen LogP contribution in [0.15, 0.2) is 72.8 Å². The molecule has 0 aliphatic rings. The van der Waals surface area contributed by atoms with Crippen molar-refractivity contribution in [2.45, 2.75) is 12.8 Å². The van der Waals surface area contributed by atoms with Gasteiger partial charge in [-0.05, 0) is 52.6 Å². The lowest BCUT2D eigenvalue weighted by Gasteiger charge is -2.17. The molecule has 0 bridgehead atoms. The summed E-state index contributed by atoms with van der Waals surface area (Å²) >= 11 is 0. The van der Waals surface area contributed by atoms with Crippen LogP contribution in [0.5, 0.6) is 0 Å². The summed E-state index contributed by atoms with van der Waals surface area (Å²) in [5.74, 6) is 0. The van der Waals surface area contributed by atoms with Crippen LogP contribution < -0.4 is 9.80 Å². The van der Waals surface area contributed by atoms with E-state index in [2.05, 4.69) is 119 Å². The van der Waals surface area contributed by atoms with Gasteiger partial charge in [-0.25, -0.2) is 0 Å². The maximum atomic E-state index is 8.75. The molecule has 4 heteroatoms. The Morgan fingerprint density at radius 1 is 0.588 bits per heavy atom. The van der Waals surface area contributed by atoms with Crippen LogP contribution >= 0.6 is 0 Å². The van der Waals surface area contributed by atoms with E-state index in [9.17, 15) is 0 Å². The molecule has 34 heavy (non-hydrogen) atoms. The van der Waals surface area contributed by atoms with Gasteiger partial charge in [-0.15, -0.1) is 0 Å². The first-order chi connectivity index (χ1) is 16.6. The fourth-order valence-corrected chi connectivity index (χ4v) is 3.52. The maximum Gasteiger partial charge on any atom is 0.0640 e. The van der Waals surface area contributed by atoms with Crippen molar-refractivity contribution in [2.24, 2.45) is 0 Å². The molecule has 0 aliphatic carbocycles. The smallest absolute Gasteiger partial charge is 0.0640 e. The van der Waals surface area contributed by atoms with Crippen LogP contribution in [-0.2, 0) is 0 Å². The number of benzene rings is 3. The van der Waals surface area contributed by atoms with Crippen molar-refractivity contribution in [2.75, 3.05) is 37.0 Å². The lowest BCUT2D eigenvalue weighted by Crippen LogP contribution is -2.17. The topological polar surface area (TPSA) is 54.1 Å². The van der Waals surface area contributed by atoms with Gasteiger partial charge < -0.3 is 9.80 Å². The summed E-state index contributed by atoms with van der Waals surface area (Å²) in [4.78, 5) is 4.18. The Kier molecular flexibility index (Phi) is 9.09. The summed E-state index contributed by atoms with van der Waals surface area (Å²) in [6.07, 6.45) is 9.52. The van der Waals surface area contributed by atoms with Gasteiger partial charge in [-0.2, -0.15) is 10.5 Å². The Morgan fingerprint density at radius 2 is 0.971 bits per heavy atom. The zero-order chi connectivity index (χ0) is 24.2. The van der Waals surface area contributed by atoms with Crippen LogP contribution in [0.3, 0.4) is 0 Å². The third-order valence-corrected chi connectivity index (χ3v) is 5.63. The predicted octanol–water partition coefficient (Wildman–Crippen LogP) is 6.73. The van der Waals surface area contributed by atoms with Gasteiger partial charge in [0.15, 0.2) is 0 Å². The monoisotopic (exact) mass is 446 g/mol. The van der Waals surface area contributed by atoms with Crippen LogP contribution in [0.2, 0.25) is 0 Å². The highest BCUT2D eigenvalue weighted by molar-refractivity contribution is 5.75. The zero-order valence-electron chi connectivity index (χ0n) is 19.9. The molecule has 0 N–H and O–H groups in total. The van der Waals surface area contributed by atoms with Gasteiger partial charge in [-0.3, -0.25) is 0 Å². The predicted molar refractivity (Wildman–Crippen MR) is 144 cm³/mol. The maximum absolute atomic E-state index is 8.75. The van der Waals surface area contributed by atoms with Crippen molar-refractivity contribution in [3.05, 3.63) is 95.1 Å². The molecule has 0 spiro atoms. The van der Waals surface area contributed by atoms with Gasteiger partial charge >= 0.3 is 0 Å². The molecule has 3 aromatic rings. The highest BCUT2D eigenvalue weighted by atomic mass is 15.1. The molecule has 0 radical (unpaired) electrons. The van der Waals surface area contributed by atoms with Crippen LogP contribution in [-0.4, -0.2) is 27.2 Å². The van der Waals surface area contributed by atoms with Gasteiger partial charge in [0.1, 0.15) is 0 Å². The Bertz CT molecular complexity index is 1100. The van der Waals surface area contributed by atoms with E-state index >= 15 is 0 Å². The highest BCUT2D eigenvalue weighted by Gasteiger charge is 2.01. The van der Waals surface area contributed by atoms with Crippen LogP contribution in [0, 0.1) is 22.7 Å². The van der Waals surface area contributed by atoms with E-state index in [0.717, 1.165) is 46.7 Å². The highest BCUT2D eigenvalue weighted by Crippen LogP contribution is 2.18. The standard InChI is InChI=1S/C30H30N4/c1-33(22-4-20-31)29-16-12-25(13-17-29)8-10-27-6-3-7-28(24-27)11-9-26-14-18-30(19-15-26)34(2)23-5-21-32/h3,6-19,24H,4-5,22-23H2,1-2H3. The van der Waals surface area contributed by atoms with E-state index in [1.165, 1.54) is 0 Å².